The summed E-state index contributed by atoms with van der Waals surface area (Å²) < 4.78 is 0. The van der Waals surface area contributed by atoms with Gasteiger partial charge in [0, 0.05) is 40.4 Å². The van der Waals surface area contributed by atoms with Gasteiger partial charge in [-0.2, -0.15) is 0 Å². The second-order valence-electron chi connectivity index (χ2n) is 11.1. The standard InChI is InChI=1S/C27H48N4O3/c1-22(32)28(19-25-13-7-4-8-14-25)31(29(23(2)33)20-26-15-9-5-10-16-26)30(24(3)34)21-27-17-11-6-12-18-27/h25-27H,4-21H2,1-3H3. The Morgan fingerprint density at radius 3 is 0.912 bits per heavy atom. The van der Waals surface area contributed by atoms with Crippen molar-refractivity contribution in [2.24, 2.45) is 17.8 Å². The van der Waals surface area contributed by atoms with Crippen molar-refractivity contribution in [3.05, 3.63) is 0 Å². The Kier molecular flexibility index (Phi) is 10.7. The van der Waals surface area contributed by atoms with Crippen LogP contribution in [0, 0.1) is 17.8 Å². The third kappa shape index (κ3) is 7.69. The molecule has 0 atom stereocenters. The minimum absolute atomic E-state index is 0.102. The van der Waals surface area contributed by atoms with Gasteiger partial charge in [0.15, 0.2) is 0 Å². The van der Waals surface area contributed by atoms with Crippen molar-refractivity contribution in [1.82, 2.24) is 20.3 Å². The van der Waals surface area contributed by atoms with Crippen LogP contribution in [-0.2, 0) is 14.4 Å². The van der Waals surface area contributed by atoms with Crippen LogP contribution in [0.1, 0.15) is 117 Å². The number of rotatable bonds is 9. The first-order chi connectivity index (χ1) is 16.4. The van der Waals surface area contributed by atoms with Gasteiger partial charge in [-0.15, -0.1) is 0 Å². The lowest BCUT2D eigenvalue weighted by Crippen LogP contribution is -2.66. The number of carbonyl (C=O) groups is 3. The normalized spacial score (nSPS) is 20.8. The number of hydrogen-bond acceptors (Lipinski definition) is 4. The van der Waals surface area contributed by atoms with E-state index in [1.807, 2.05) is 0 Å². The number of carbonyl (C=O) groups excluding carboxylic acids is 3. The van der Waals surface area contributed by atoms with Crippen LogP contribution in [-0.4, -0.2) is 57.6 Å². The summed E-state index contributed by atoms with van der Waals surface area (Å²) in [6.45, 7) is 6.43. The summed E-state index contributed by atoms with van der Waals surface area (Å²) in [4.78, 5) is 39.3. The third-order valence-electron chi connectivity index (χ3n) is 8.21. The molecule has 0 aliphatic heterocycles. The topological polar surface area (TPSA) is 64.2 Å². The van der Waals surface area contributed by atoms with E-state index in [9.17, 15) is 14.4 Å². The minimum atomic E-state index is -0.102. The highest BCUT2D eigenvalue weighted by molar-refractivity contribution is 5.77. The fraction of sp³-hybridized carbons (Fsp3) is 0.889. The molecular weight excluding hydrogens is 428 g/mol. The van der Waals surface area contributed by atoms with E-state index in [4.69, 9.17) is 0 Å². The molecule has 0 radical (unpaired) electrons. The van der Waals surface area contributed by atoms with Crippen LogP contribution in [0.4, 0.5) is 0 Å². The summed E-state index contributed by atoms with van der Waals surface area (Å²) in [5, 5.41) is 6.84. The Balaban J connectivity index is 1.92. The molecule has 0 aromatic heterocycles. The molecule has 0 heterocycles. The van der Waals surface area contributed by atoms with Gasteiger partial charge < -0.3 is 0 Å². The fourth-order valence-corrected chi connectivity index (χ4v) is 6.22. The third-order valence-corrected chi connectivity index (χ3v) is 8.21. The van der Waals surface area contributed by atoms with Gasteiger partial charge in [0.05, 0.1) is 0 Å². The summed E-state index contributed by atoms with van der Waals surface area (Å²) in [6.07, 6.45) is 17.5. The first-order valence-electron chi connectivity index (χ1n) is 14.0. The number of nitrogens with zero attached hydrogens (tertiary/aromatic N) is 4. The molecule has 3 fully saturated rings. The Bertz CT molecular complexity index is 576. The van der Waals surface area contributed by atoms with Crippen LogP contribution < -0.4 is 0 Å². The van der Waals surface area contributed by atoms with Gasteiger partial charge in [0.1, 0.15) is 0 Å². The molecule has 3 amide bonds. The molecule has 0 bridgehead atoms. The molecule has 0 aromatic rings. The van der Waals surface area contributed by atoms with E-state index < -0.39 is 0 Å². The molecule has 0 spiro atoms. The molecular formula is C27H48N4O3. The van der Waals surface area contributed by atoms with Crippen LogP contribution in [0.2, 0.25) is 0 Å². The van der Waals surface area contributed by atoms with E-state index in [2.05, 4.69) is 0 Å². The van der Waals surface area contributed by atoms with Gasteiger partial charge in [0.2, 0.25) is 17.7 Å². The van der Waals surface area contributed by atoms with Gasteiger partial charge in [-0.25, -0.2) is 15.0 Å². The van der Waals surface area contributed by atoms with E-state index in [1.54, 1.807) is 41.0 Å². The molecule has 3 saturated carbocycles. The predicted octanol–water partition coefficient (Wildman–Crippen LogP) is 5.32. The first kappa shape index (κ1) is 27.0. The van der Waals surface area contributed by atoms with Crippen molar-refractivity contribution in [2.75, 3.05) is 19.6 Å². The molecule has 3 rings (SSSR count). The zero-order valence-corrected chi connectivity index (χ0v) is 22.0. The van der Waals surface area contributed by atoms with Gasteiger partial charge in [-0.05, 0) is 61.5 Å². The van der Waals surface area contributed by atoms with Crippen molar-refractivity contribution in [3.63, 3.8) is 0 Å². The second-order valence-corrected chi connectivity index (χ2v) is 11.1. The Morgan fingerprint density at radius 1 is 0.471 bits per heavy atom. The van der Waals surface area contributed by atoms with Crippen molar-refractivity contribution >= 4 is 17.7 Å². The Labute approximate surface area is 207 Å². The van der Waals surface area contributed by atoms with Crippen LogP contribution >= 0.6 is 0 Å². The van der Waals surface area contributed by atoms with Crippen LogP contribution in [0.15, 0.2) is 0 Å². The predicted molar refractivity (Wildman–Crippen MR) is 134 cm³/mol. The number of hydrogen-bond donors (Lipinski definition) is 0. The molecule has 7 heteroatoms. The molecule has 0 unspecified atom stereocenters. The Morgan fingerprint density at radius 2 is 0.706 bits per heavy atom. The monoisotopic (exact) mass is 476 g/mol. The summed E-state index contributed by atoms with van der Waals surface area (Å²) in [5.74, 6) is 0.924. The lowest BCUT2D eigenvalue weighted by molar-refractivity contribution is -0.285. The van der Waals surface area contributed by atoms with Gasteiger partial charge in [-0.3, -0.25) is 14.4 Å². The maximum absolute atomic E-state index is 13.1. The summed E-state index contributed by atoms with van der Waals surface area (Å²) >= 11 is 0. The molecule has 0 aromatic carbocycles. The molecule has 7 nitrogen and oxygen atoms in total. The second kappa shape index (κ2) is 13.5. The highest BCUT2D eigenvalue weighted by Gasteiger charge is 2.37. The minimum Gasteiger partial charge on any atom is -0.274 e. The van der Waals surface area contributed by atoms with Gasteiger partial charge >= 0.3 is 0 Å². The maximum Gasteiger partial charge on any atom is 0.236 e. The SMILES string of the molecule is CC(=O)N(CC1CCCCC1)N(N(CC1CCCCC1)C(C)=O)N(CC1CCCCC1)C(C)=O. The maximum atomic E-state index is 13.1. The summed E-state index contributed by atoms with van der Waals surface area (Å²) in [5.41, 5.74) is 0. The quantitative estimate of drug-likeness (QED) is 0.423. The van der Waals surface area contributed by atoms with Gasteiger partial charge in [-0.1, -0.05) is 57.8 Å². The Hall–Kier alpha value is -1.63. The summed E-state index contributed by atoms with van der Waals surface area (Å²) in [6, 6.07) is 0. The van der Waals surface area contributed by atoms with Crippen molar-refractivity contribution < 1.29 is 14.4 Å². The van der Waals surface area contributed by atoms with Crippen molar-refractivity contribution in [3.8, 4) is 0 Å². The van der Waals surface area contributed by atoms with E-state index in [0.717, 1.165) is 38.5 Å². The molecule has 3 aliphatic carbocycles. The molecule has 3 aliphatic rings. The van der Waals surface area contributed by atoms with E-state index in [0.29, 0.717) is 37.4 Å². The van der Waals surface area contributed by atoms with Crippen LogP contribution in [0.5, 0.6) is 0 Å². The fourth-order valence-electron chi connectivity index (χ4n) is 6.22. The highest BCUT2D eigenvalue weighted by atomic mass is 16.2. The highest BCUT2D eigenvalue weighted by Crippen LogP contribution is 2.30. The number of hydrazine groups is 3. The summed E-state index contributed by atoms with van der Waals surface area (Å²) in [7, 11) is 0. The van der Waals surface area contributed by atoms with Crippen LogP contribution in [0.25, 0.3) is 0 Å². The average Bonchev–Trinajstić information content (AvgIpc) is 2.83. The zero-order chi connectivity index (χ0) is 24.5. The zero-order valence-electron chi connectivity index (χ0n) is 22.0. The van der Waals surface area contributed by atoms with Crippen LogP contribution in [0.3, 0.4) is 0 Å². The van der Waals surface area contributed by atoms with E-state index >= 15 is 0 Å². The molecule has 194 valence electrons. The van der Waals surface area contributed by atoms with E-state index in [1.165, 1.54) is 57.8 Å². The smallest absolute Gasteiger partial charge is 0.236 e. The average molecular weight is 477 g/mol. The largest absolute Gasteiger partial charge is 0.274 e. The van der Waals surface area contributed by atoms with E-state index in [-0.39, 0.29) is 17.7 Å². The molecule has 0 saturated heterocycles. The molecule has 0 N–H and O–H groups in total. The molecule has 34 heavy (non-hydrogen) atoms. The lowest BCUT2D eigenvalue weighted by atomic mass is 9.89. The number of amides is 3. The van der Waals surface area contributed by atoms with Gasteiger partial charge in [0.25, 0.3) is 0 Å². The first-order valence-corrected chi connectivity index (χ1v) is 14.0. The van der Waals surface area contributed by atoms with Crippen molar-refractivity contribution in [2.45, 2.75) is 117 Å². The van der Waals surface area contributed by atoms with Crippen molar-refractivity contribution in [1.29, 1.82) is 0 Å². The lowest BCUT2D eigenvalue weighted by Gasteiger charge is -2.49.